The summed E-state index contributed by atoms with van der Waals surface area (Å²) in [7, 11) is 0. The number of benzene rings is 1. The molecule has 2 amide bonds. The lowest BCUT2D eigenvalue weighted by Gasteiger charge is -2.26. The number of aryl methyl sites for hydroxylation is 1. The van der Waals surface area contributed by atoms with Gasteiger partial charge in [-0.05, 0) is 63.1 Å². The maximum Gasteiger partial charge on any atom is 0.268 e. The summed E-state index contributed by atoms with van der Waals surface area (Å²) in [6.45, 7) is 4.50. The molecule has 0 unspecified atom stereocenters. The van der Waals surface area contributed by atoms with E-state index in [2.05, 4.69) is 5.32 Å². The zero-order valence-electron chi connectivity index (χ0n) is 16.6. The second-order valence-electron chi connectivity index (χ2n) is 7.13. The van der Waals surface area contributed by atoms with E-state index in [9.17, 15) is 9.59 Å². The van der Waals surface area contributed by atoms with E-state index in [0.717, 1.165) is 36.3 Å². The van der Waals surface area contributed by atoms with E-state index in [1.807, 2.05) is 50.2 Å². The Balaban J connectivity index is 1.77. The third-order valence-corrected chi connectivity index (χ3v) is 5.92. The van der Waals surface area contributed by atoms with Crippen molar-refractivity contribution in [3.8, 4) is 5.75 Å². The Labute approximate surface area is 170 Å². The summed E-state index contributed by atoms with van der Waals surface area (Å²) in [4.78, 5) is 29.1. The zero-order chi connectivity index (χ0) is 19.9. The summed E-state index contributed by atoms with van der Waals surface area (Å²) in [5.41, 5.74) is 0.693. The first-order valence-electron chi connectivity index (χ1n) is 9.97. The lowest BCUT2D eigenvalue weighted by Crippen LogP contribution is -2.44. The zero-order valence-corrected chi connectivity index (χ0v) is 17.4. The molecule has 0 saturated heterocycles. The minimum atomic E-state index is -0.152. The van der Waals surface area contributed by atoms with E-state index in [0.29, 0.717) is 17.2 Å². The number of carbonyl (C=O) groups excluding carboxylic acids is 2. The van der Waals surface area contributed by atoms with Gasteiger partial charge >= 0.3 is 0 Å². The standard InChI is InChI=1S/C22H28N2O3S/c1-3-27-19-12-10-18(11-13-19)24(22(26)20-14-9-16(2)28-20)15-21(25)23-17-7-5-4-6-8-17/h9-14,17H,3-8,15H2,1-2H3,(H,23,25). The van der Waals surface area contributed by atoms with Crippen LogP contribution < -0.4 is 15.0 Å². The molecule has 1 fully saturated rings. The van der Waals surface area contributed by atoms with Crippen LogP contribution in [0.2, 0.25) is 0 Å². The average Bonchev–Trinajstić information content (AvgIpc) is 3.14. The van der Waals surface area contributed by atoms with Crippen LogP contribution in [-0.4, -0.2) is 31.0 Å². The number of ether oxygens (including phenoxy) is 1. The van der Waals surface area contributed by atoms with Crippen molar-refractivity contribution in [1.82, 2.24) is 5.32 Å². The largest absolute Gasteiger partial charge is 0.494 e. The Morgan fingerprint density at radius 3 is 2.43 bits per heavy atom. The minimum absolute atomic E-state index is 0.0141. The van der Waals surface area contributed by atoms with Crippen molar-refractivity contribution in [3.05, 3.63) is 46.2 Å². The number of rotatable bonds is 7. The molecule has 5 nitrogen and oxygen atoms in total. The van der Waals surface area contributed by atoms with Gasteiger partial charge in [-0.15, -0.1) is 11.3 Å². The van der Waals surface area contributed by atoms with Crippen LogP contribution in [0.15, 0.2) is 36.4 Å². The molecule has 1 N–H and O–H groups in total. The van der Waals surface area contributed by atoms with Gasteiger partial charge in [-0.3, -0.25) is 14.5 Å². The highest BCUT2D eigenvalue weighted by Gasteiger charge is 2.24. The molecule has 2 aromatic rings. The molecule has 1 aromatic carbocycles. The van der Waals surface area contributed by atoms with Crippen molar-refractivity contribution >= 4 is 28.8 Å². The van der Waals surface area contributed by atoms with E-state index < -0.39 is 0 Å². The molecule has 0 aliphatic heterocycles. The molecule has 0 bridgehead atoms. The lowest BCUT2D eigenvalue weighted by molar-refractivity contribution is -0.120. The molecule has 1 saturated carbocycles. The van der Waals surface area contributed by atoms with Crippen molar-refractivity contribution in [1.29, 1.82) is 0 Å². The number of nitrogens with zero attached hydrogens (tertiary/aromatic N) is 1. The van der Waals surface area contributed by atoms with Crippen LogP contribution in [0.3, 0.4) is 0 Å². The van der Waals surface area contributed by atoms with Crippen molar-refractivity contribution in [2.24, 2.45) is 0 Å². The Morgan fingerprint density at radius 2 is 1.82 bits per heavy atom. The molecule has 0 atom stereocenters. The van der Waals surface area contributed by atoms with E-state index in [-0.39, 0.29) is 24.4 Å². The van der Waals surface area contributed by atoms with Crippen LogP contribution in [0.4, 0.5) is 5.69 Å². The van der Waals surface area contributed by atoms with Gasteiger partial charge in [0, 0.05) is 16.6 Å². The number of nitrogens with one attached hydrogen (secondary N) is 1. The summed E-state index contributed by atoms with van der Waals surface area (Å²) < 4.78 is 5.49. The Kier molecular flexibility index (Phi) is 7.09. The number of amides is 2. The Bertz CT molecular complexity index is 794. The highest BCUT2D eigenvalue weighted by molar-refractivity contribution is 7.14. The quantitative estimate of drug-likeness (QED) is 0.742. The van der Waals surface area contributed by atoms with Gasteiger partial charge < -0.3 is 10.1 Å². The number of hydrogen-bond acceptors (Lipinski definition) is 4. The molecule has 28 heavy (non-hydrogen) atoms. The number of carbonyl (C=O) groups is 2. The molecule has 1 aliphatic rings. The van der Waals surface area contributed by atoms with Gasteiger partial charge in [0.2, 0.25) is 5.91 Å². The maximum atomic E-state index is 13.1. The summed E-state index contributed by atoms with van der Waals surface area (Å²) in [6.07, 6.45) is 5.59. The maximum absolute atomic E-state index is 13.1. The fourth-order valence-corrected chi connectivity index (χ4v) is 4.33. The molecule has 6 heteroatoms. The van der Waals surface area contributed by atoms with Crippen LogP contribution in [0.5, 0.6) is 5.75 Å². The predicted octanol–water partition coefficient (Wildman–Crippen LogP) is 4.55. The van der Waals surface area contributed by atoms with Crippen molar-refractivity contribution in [2.45, 2.75) is 52.0 Å². The van der Waals surface area contributed by atoms with Crippen LogP contribution in [-0.2, 0) is 4.79 Å². The van der Waals surface area contributed by atoms with Gasteiger partial charge in [-0.25, -0.2) is 0 Å². The minimum Gasteiger partial charge on any atom is -0.494 e. The summed E-state index contributed by atoms with van der Waals surface area (Å²) in [5, 5.41) is 3.11. The van der Waals surface area contributed by atoms with Gasteiger partial charge in [0.05, 0.1) is 11.5 Å². The predicted molar refractivity (Wildman–Crippen MR) is 113 cm³/mol. The molecule has 150 valence electrons. The third-order valence-electron chi connectivity index (χ3n) is 4.93. The number of anilines is 1. The molecular weight excluding hydrogens is 372 g/mol. The van der Waals surface area contributed by atoms with Crippen LogP contribution in [0, 0.1) is 6.92 Å². The molecule has 1 heterocycles. The van der Waals surface area contributed by atoms with E-state index in [1.54, 1.807) is 4.90 Å². The topological polar surface area (TPSA) is 58.6 Å². The first kappa shape index (κ1) is 20.4. The Hall–Kier alpha value is -2.34. The highest BCUT2D eigenvalue weighted by atomic mass is 32.1. The molecule has 1 aliphatic carbocycles. The van der Waals surface area contributed by atoms with Crippen molar-refractivity contribution in [2.75, 3.05) is 18.1 Å². The van der Waals surface area contributed by atoms with Crippen LogP contribution >= 0.6 is 11.3 Å². The molecule has 0 spiro atoms. The van der Waals surface area contributed by atoms with E-state index >= 15 is 0 Å². The van der Waals surface area contributed by atoms with Crippen LogP contribution in [0.1, 0.15) is 53.6 Å². The second-order valence-corrected chi connectivity index (χ2v) is 8.42. The lowest BCUT2D eigenvalue weighted by atomic mass is 9.95. The summed E-state index contributed by atoms with van der Waals surface area (Å²) in [6, 6.07) is 11.3. The third kappa shape index (κ3) is 5.35. The van der Waals surface area contributed by atoms with Gasteiger partial charge in [-0.1, -0.05) is 19.3 Å². The molecule has 1 aromatic heterocycles. The molecule has 0 radical (unpaired) electrons. The highest BCUT2D eigenvalue weighted by Crippen LogP contribution is 2.24. The second kappa shape index (κ2) is 9.73. The molecule has 3 rings (SSSR count). The fraction of sp³-hybridized carbons (Fsp3) is 0.455. The first-order chi connectivity index (χ1) is 13.6. The summed E-state index contributed by atoms with van der Waals surface area (Å²) >= 11 is 1.45. The monoisotopic (exact) mass is 400 g/mol. The van der Waals surface area contributed by atoms with E-state index in [1.165, 1.54) is 17.8 Å². The molecular formula is C22H28N2O3S. The summed E-state index contributed by atoms with van der Waals surface area (Å²) in [5.74, 6) is 0.487. The number of thiophene rings is 1. The normalized spacial score (nSPS) is 14.5. The van der Waals surface area contributed by atoms with Gasteiger partial charge in [-0.2, -0.15) is 0 Å². The SMILES string of the molecule is CCOc1ccc(N(CC(=O)NC2CCCCC2)C(=O)c2ccc(C)s2)cc1. The van der Waals surface area contributed by atoms with Gasteiger partial charge in [0.25, 0.3) is 5.91 Å². The smallest absolute Gasteiger partial charge is 0.268 e. The Morgan fingerprint density at radius 1 is 1.11 bits per heavy atom. The van der Waals surface area contributed by atoms with Crippen molar-refractivity contribution < 1.29 is 14.3 Å². The first-order valence-corrected chi connectivity index (χ1v) is 10.8. The van der Waals surface area contributed by atoms with Crippen molar-refractivity contribution in [3.63, 3.8) is 0 Å². The van der Waals surface area contributed by atoms with Gasteiger partial charge in [0.15, 0.2) is 0 Å². The number of hydrogen-bond donors (Lipinski definition) is 1. The van der Waals surface area contributed by atoms with E-state index in [4.69, 9.17) is 4.74 Å². The average molecular weight is 401 g/mol. The fourth-order valence-electron chi connectivity index (χ4n) is 3.52. The van der Waals surface area contributed by atoms with Crippen LogP contribution in [0.25, 0.3) is 0 Å². The van der Waals surface area contributed by atoms with Gasteiger partial charge in [0.1, 0.15) is 12.3 Å².